The average molecular weight is 315 g/mol. The number of ether oxygens (including phenoxy) is 2. The number of carboxylic acid groups (broad SMARTS) is 1. The predicted molar refractivity (Wildman–Crippen MR) is 83.4 cm³/mol. The number of amides is 1. The standard InChI is InChI=1S/C17H17NO5/c19-16(18-7-8-22-15(10-18)17(20)21)11-23-14-6-5-12-3-1-2-4-13(12)9-14/h1-6,9,15H,7-8,10-11H2,(H,20,21). The minimum Gasteiger partial charge on any atom is -0.484 e. The van der Waals surface area contributed by atoms with Gasteiger partial charge >= 0.3 is 5.97 Å². The summed E-state index contributed by atoms with van der Waals surface area (Å²) < 4.78 is 10.6. The van der Waals surface area contributed by atoms with E-state index in [-0.39, 0.29) is 25.7 Å². The first kappa shape index (κ1) is 15.3. The van der Waals surface area contributed by atoms with Crippen LogP contribution in [0.1, 0.15) is 0 Å². The van der Waals surface area contributed by atoms with Crippen LogP contribution in [0.5, 0.6) is 5.75 Å². The molecular formula is C17H17NO5. The third-order valence-electron chi connectivity index (χ3n) is 3.78. The van der Waals surface area contributed by atoms with Gasteiger partial charge in [0.05, 0.1) is 13.2 Å². The molecule has 2 aromatic carbocycles. The second-order valence-electron chi connectivity index (χ2n) is 5.34. The summed E-state index contributed by atoms with van der Waals surface area (Å²) in [5.41, 5.74) is 0. The fraction of sp³-hybridized carbons (Fsp3) is 0.294. The van der Waals surface area contributed by atoms with E-state index < -0.39 is 12.1 Å². The van der Waals surface area contributed by atoms with Crippen LogP contribution in [0.25, 0.3) is 10.8 Å². The number of carbonyl (C=O) groups excluding carboxylic acids is 1. The van der Waals surface area contributed by atoms with E-state index in [0.29, 0.717) is 12.3 Å². The van der Waals surface area contributed by atoms with Crippen molar-refractivity contribution in [3.8, 4) is 5.75 Å². The topological polar surface area (TPSA) is 76.1 Å². The van der Waals surface area contributed by atoms with E-state index in [0.717, 1.165) is 10.8 Å². The van der Waals surface area contributed by atoms with Crippen LogP contribution in [0.2, 0.25) is 0 Å². The Morgan fingerprint density at radius 3 is 2.78 bits per heavy atom. The van der Waals surface area contributed by atoms with Crippen molar-refractivity contribution in [1.82, 2.24) is 4.90 Å². The molecule has 1 heterocycles. The van der Waals surface area contributed by atoms with Crippen molar-refractivity contribution in [3.05, 3.63) is 42.5 Å². The van der Waals surface area contributed by atoms with Gasteiger partial charge in [-0.3, -0.25) is 4.79 Å². The SMILES string of the molecule is O=C(O)C1CN(C(=O)COc2ccc3ccccc3c2)CCO1. The highest BCUT2D eigenvalue weighted by atomic mass is 16.5. The van der Waals surface area contributed by atoms with Crippen molar-refractivity contribution in [2.75, 3.05) is 26.3 Å². The molecule has 0 bridgehead atoms. The molecule has 0 aromatic heterocycles. The van der Waals surface area contributed by atoms with Gasteiger partial charge in [-0.15, -0.1) is 0 Å². The highest BCUT2D eigenvalue weighted by molar-refractivity contribution is 5.84. The Morgan fingerprint density at radius 1 is 1.22 bits per heavy atom. The maximum atomic E-state index is 12.2. The molecule has 2 aromatic rings. The molecule has 0 radical (unpaired) electrons. The fourth-order valence-corrected chi connectivity index (χ4v) is 2.52. The number of carboxylic acids is 1. The maximum absolute atomic E-state index is 12.2. The number of aliphatic carboxylic acids is 1. The van der Waals surface area contributed by atoms with Crippen LogP contribution in [-0.2, 0) is 14.3 Å². The first-order valence-electron chi connectivity index (χ1n) is 7.37. The van der Waals surface area contributed by atoms with Crippen LogP contribution in [0.15, 0.2) is 42.5 Å². The predicted octanol–water partition coefficient (Wildman–Crippen LogP) is 1.53. The Hall–Kier alpha value is -2.60. The Morgan fingerprint density at radius 2 is 2.00 bits per heavy atom. The molecule has 23 heavy (non-hydrogen) atoms. The van der Waals surface area contributed by atoms with Crippen LogP contribution in [0, 0.1) is 0 Å². The second-order valence-corrected chi connectivity index (χ2v) is 5.34. The average Bonchev–Trinajstić information content (AvgIpc) is 2.59. The zero-order valence-corrected chi connectivity index (χ0v) is 12.5. The molecule has 6 nitrogen and oxygen atoms in total. The number of benzene rings is 2. The van der Waals surface area contributed by atoms with Crippen molar-refractivity contribution < 1.29 is 24.2 Å². The summed E-state index contributed by atoms with van der Waals surface area (Å²) in [6.45, 7) is 0.530. The molecule has 1 saturated heterocycles. The van der Waals surface area contributed by atoms with Gasteiger partial charge in [-0.05, 0) is 22.9 Å². The van der Waals surface area contributed by atoms with Crippen molar-refractivity contribution in [3.63, 3.8) is 0 Å². The molecule has 0 spiro atoms. The number of hydrogen-bond donors (Lipinski definition) is 1. The first-order chi connectivity index (χ1) is 11.1. The molecule has 120 valence electrons. The van der Waals surface area contributed by atoms with E-state index in [1.54, 1.807) is 0 Å². The minimum atomic E-state index is -1.06. The molecule has 1 fully saturated rings. The van der Waals surface area contributed by atoms with E-state index in [1.807, 2.05) is 42.5 Å². The Balaban J connectivity index is 1.60. The van der Waals surface area contributed by atoms with Crippen molar-refractivity contribution >= 4 is 22.6 Å². The minimum absolute atomic E-state index is 0.0508. The largest absolute Gasteiger partial charge is 0.484 e. The van der Waals surface area contributed by atoms with Gasteiger partial charge in [-0.1, -0.05) is 30.3 Å². The lowest BCUT2D eigenvalue weighted by atomic mass is 10.1. The maximum Gasteiger partial charge on any atom is 0.334 e. The second kappa shape index (κ2) is 6.66. The summed E-state index contributed by atoms with van der Waals surface area (Å²) in [6, 6.07) is 13.5. The molecule has 1 aliphatic heterocycles. The molecule has 1 amide bonds. The first-order valence-corrected chi connectivity index (χ1v) is 7.37. The Labute approximate surface area is 133 Å². The van der Waals surface area contributed by atoms with E-state index in [9.17, 15) is 9.59 Å². The Bertz CT molecular complexity index is 730. The molecule has 1 atom stereocenters. The van der Waals surface area contributed by atoms with Crippen LogP contribution >= 0.6 is 0 Å². The molecular weight excluding hydrogens is 298 g/mol. The van der Waals surface area contributed by atoms with E-state index in [2.05, 4.69) is 0 Å². The zero-order valence-electron chi connectivity index (χ0n) is 12.5. The lowest BCUT2D eigenvalue weighted by Gasteiger charge is -2.30. The highest BCUT2D eigenvalue weighted by Crippen LogP contribution is 2.20. The normalized spacial score (nSPS) is 17.9. The van der Waals surface area contributed by atoms with E-state index >= 15 is 0 Å². The number of carbonyl (C=O) groups is 2. The molecule has 1 N–H and O–H groups in total. The smallest absolute Gasteiger partial charge is 0.334 e. The Kier molecular flexibility index (Phi) is 4.43. The van der Waals surface area contributed by atoms with Gasteiger partial charge in [-0.2, -0.15) is 0 Å². The van der Waals surface area contributed by atoms with Gasteiger partial charge in [0, 0.05) is 6.54 Å². The van der Waals surface area contributed by atoms with Gasteiger partial charge < -0.3 is 19.5 Å². The summed E-state index contributed by atoms with van der Waals surface area (Å²) in [6.07, 6.45) is -0.964. The van der Waals surface area contributed by atoms with Crippen LogP contribution < -0.4 is 4.74 Å². The molecule has 0 saturated carbocycles. The number of nitrogens with zero attached hydrogens (tertiary/aromatic N) is 1. The van der Waals surface area contributed by atoms with Gasteiger partial charge in [0.15, 0.2) is 12.7 Å². The quantitative estimate of drug-likeness (QED) is 0.926. The summed E-state index contributed by atoms with van der Waals surface area (Å²) in [5.74, 6) is -0.689. The monoisotopic (exact) mass is 315 g/mol. The van der Waals surface area contributed by atoms with Gasteiger partial charge in [0.25, 0.3) is 5.91 Å². The summed E-state index contributed by atoms with van der Waals surface area (Å²) in [7, 11) is 0. The highest BCUT2D eigenvalue weighted by Gasteiger charge is 2.29. The molecule has 3 rings (SSSR count). The van der Waals surface area contributed by atoms with Crippen molar-refractivity contribution in [2.45, 2.75) is 6.10 Å². The van der Waals surface area contributed by atoms with Gasteiger partial charge in [-0.25, -0.2) is 4.79 Å². The van der Waals surface area contributed by atoms with Gasteiger partial charge in [0.2, 0.25) is 0 Å². The van der Waals surface area contributed by atoms with Crippen LogP contribution in [-0.4, -0.2) is 54.3 Å². The van der Waals surface area contributed by atoms with E-state index in [4.69, 9.17) is 14.6 Å². The van der Waals surface area contributed by atoms with Crippen molar-refractivity contribution in [1.29, 1.82) is 0 Å². The van der Waals surface area contributed by atoms with Gasteiger partial charge in [0.1, 0.15) is 5.75 Å². The summed E-state index contributed by atoms with van der Waals surface area (Å²) in [5, 5.41) is 11.1. The summed E-state index contributed by atoms with van der Waals surface area (Å²) in [4.78, 5) is 24.5. The lowest BCUT2D eigenvalue weighted by molar-refractivity contribution is -0.159. The molecule has 1 unspecified atom stereocenters. The third-order valence-corrected chi connectivity index (χ3v) is 3.78. The number of morpholine rings is 1. The number of hydrogen-bond acceptors (Lipinski definition) is 4. The zero-order chi connectivity index (χ0) is 16.2. The molecule has 6 heteroatoms. The number of rotatable bonds is 4. The van der Waals surface area contributed by atoms with Crippen molar-refractivity contribution in [2.24, 2.45) is 0 Å². The fourth-order valence-electron chi connectivity index (χ4n) is 2.52. The number of fused-ring (bicyclic) bond motifs is 1. The summed E-state index contributed by atoms with van der Waals surface area (Å²) >= 11 is 0. The molecule has 1 aliphatic rings. The van der Waals surface area contributed by atoms with Crippen LogP contribution in [0.4, 0.5) is 0 Å². The van der Waals surface area contributed by atoms with E-state index in [1.165, 1.54) is 4.90 Å². The van der Waals surface area contributed by atoms with Crippen LogP contribution in [0.3, 0.4) is 0 Å². The lowest BCUT2D eigenvalue weighted by Crippen LogP contribution is -2.49. The molecule has 0 aliphatic carbocycles. The third kappa shape index (κ3) is 3.60.